The van der Waals surface area contributed by atoms with Gasteiger partial charge in [-0.15, -0.1) is 11.3 Å². The second kappa shape index (κ2) is 19.1. The van der Waals surface area contributed by atoms with E-state index in [-0.39, 0.29) is 41.7 Å². The molecule has 1 fully saturated rings. The molecule has 1 aliphatic heterocycles. The van der Waals surface area contributed by atoms with Gasteiger partial charge in [0.05, 0.1) is 6.04 Å². The number of benzene rings is 1. The van der Waals surface area contributed by atoms with E-state index >= 15 is 0 Å². The highest BCUT2D eigenvalue weighted by Gasteiger charge is 2.62. The van der Waals surface area contributed by atoms with Crippen molar-refractivity contribution in [3.05, 3.63) is 52.0 Å². The monoisotopic (exact) mass is 757 g/mol. The zero-order chi connectivity index (χ0) is 39.6. The fourth-order valence-electron chi connectivity index (χ4n) is 6.26. The van der Waals surface area contributed by atoms with E-state index in [0.717, 1.165) is 16.9 Å². The minimum Gasteiger partial charge on any atom is -0.480 e. The van der Waals surface area contributed by atoms with Crippen molar-refractivity contribution in [1.29, 1.82) is 0 Å². The Morgan fingerprint density at radius 3 is 2.28 bits per heavy atom. The van der Waals surface area contributed by atoms with Crippen LogP contribution in [-0.4, -0.2) is 94.0 Å². The maximum absolute atomic E-state index is 14.0. The highest BCUT2D eigenvalue weighted by molar-refractivity contribution is 7.09. The van der Waals surface area contributed by atoms with Crippen molar-refractivity contribution in [2.24, 2.45) is 17.8 Å². The standard InChI is InChI=1S/C38H55N5O9S/c1-10-23(6)32(42-30(45)16-21(2)3)36(49)43(9)28(22(4)5)18-29(51-24(7)44)35-41-27(20-53-35)34(48)40-26(17-25-14-12-11-13-15-25)33-38(8,52-33)37(50)39-19-31(46)47/h11-15,20-23,26,28-29,32-33H,10,16-19H2,1-9H3,(H,39,50)(H,40,48)(H,42,45)(H,46,47)/t23-,26-,28+,29+,32+,33?,38?/m0/s1. The highest BCUT2D eigenvalue weighted by atomic mass is 32.1. The number of nitrogens with one attached hydrogen (secondary N) is 3. The number of likely N-dealkylation sites (N-methyl/N-ethyl adjacent to an activating group) is 1. The first-order valence-corrected chi connectivity index (χ1v) is 19.0. The van der Waals surface area contributed by atoms with Crippen molar-refractivity contribution in [3.63, 3.8) is 0 Å². The van der Waals surface area contributed by atoms with E-state index in [1.54, 1.807) is 24.3 Å². The lowest BCUT2D eigenvalue weighted by Gasteiger charge is -2.37. The molecule has 1 saturated heterocycles. The van der Waals surface area contributed by atoms with E-state index in [0.29, 0.717) is 24.3 Å². The minimum atomic E-state index is -1.35. The molecule has 0 saturated carbocycles. The van der Waals surface area contributed by atoms with Crippen LogP contribution in [0.2, 0.25) is 0 Å². The van der Waals surface area contributed by atoms with Gasteiger partial charge in [-0.25, -0.2) is 4.98 Å². The van der Waals surface area contributed by atoms with Crippen LogP contribution >= 0.6 is 11.3 Å². The van der Waals surface area contributed by atoms with Crippen LogP contribution in [0.5, 0.6) is 0 Å². The molecule has 14 nitrogen and oxygen atoms in total. The van der Waals surface area contributed by atoms with E-state index in [2.05, 4.69) is 20.9 Å². The van der Waals surface area contributed by atoms with Crippen LogP contribution in [-0.2, 0) is 39.9 Å². The van der Waals surface area contributed by atoms with Gasteiger partial charge in [0.1, 0.15) is 29.4 Å². The van der Waals surface area contributed by atoms with E-state index in [1.165, 1.54) is 6.92 Å². The highest BCUT2D eigenvalue weighted by Crippen LogP contribution is 2.40. The third-order valence-electron chi connectivity index (χ3n) is 9.49. The van der Waals surface area contributed by atoms with Gasteiger partial charge in [0.25, 0.3) is 11.8 Å². The fourth-order valence-corrected chi connectivity index (χ4v) is 7.10. The summed E-state index contributed by atoms with van der Waals surface area (Å²) in [5.41, 5.74) is -0.409. The summed E-state index contributed by atoms with van der Waals surface area (Å²) in [4.78, 5) is 82.7. The molecule has 0 radical (unpaired) electrons. The summed E-state index contributed by atoms with van der Waals surface area (Å²) >= 11 is 1.14. The summed E-state index contributed by atoms with van der Waals surface area (Å²) < 4.78 is 11.5. The summed E-state index contributed by atoms with van der Waals surface area (Å²) in [6.07, 6.45) is -0.146. The minimum absolute atomic E-state index is 0.0631. The molecule has 3 rings (SSSR count). The molecule has 292 valence electrons. The van der Waals surface area contributed by atoms with Crippen LogP contribution in [0, 0.1) is 17.8 Å². The summed E-state index contributed by atoms with van der Waals surface area (Å²) in [7, 11) is 1.69. The number of aromatic nitrogens is 1. The molecular formula is C38H55N5O9S. The number of carbonyl (C=O) groups is 6. The zero-order valence-corrected chi connectivity index (χ0v) is 33.0. The molecule has 2 aromatic rings. The molecule has 0 spiro atoms. The number of carbonyl (C=O) groups excluding carboxylic acids is 5. The lowest BCUT2D eigenvalue weighted by Crippen LogP contribution is -2.54. The molecule has 2 unspecified atom stereocenters. The van der Waals surface area contributed by atoms with E-state index in [4.69, 9.17) is 14.6 Å². The number of carboxylic acid groups (broad SMARTS) is 1. The van der Waals surface area contributed by atoms with E-state index < -0.39 is 66.2 Å². The smallest absolute Gasteiger partial charge is 0.322 e. The van der Waals surface area contributed by atoms with Gasteiger partial charge in [-0.3, -0.25) is 28.8 Å². The van der Waals surface area contributed by atoms with Gasteiger partial charge in [0.2, 0.25) is 11.8 Å². The third-order valence-corrected chi connectivity index (χ3v) is 10.4. The van der Waals surface area contributed by atoms with Gasteiger partial charge in [-0.2, -0.15) is 0 Å². The number of epoxide rings is 1. The largest absolute Gasteiger partial charge is 0.480 e. The molecule has 7 atom stereocenters. The average molecular weight is 758 g/mol. The second-order valence-corrected chi connectivity index (χ2v) is 15.6. The van der Waals surface area contributed by atoms with Crippen LogP contribution in [0.1, 0.15) is 102 Å². The van der Waals surface area contributed by atoms with Gasteiger partial charge in [0.15, 0.2) is 11.7 Å². The summed E-state index contributed by atoms with van der Waals surface area (Å²) in [6, 6.07) is 7.49. The maximum atomic E-state index is 14.0. The van der Waals surface area contributed by atoms with Gasteiger partial charge in [-0.1, -0.05) is 78.3 Å². The number of aliphatic carboxylic acids is 1. The fraction of sp³-hybridized carbons (Fsp3) is 0.605. The number of carboxylic acids is 1. The Morgan fingerprint density at radius 1 is 1.06 bits per heavy atom. The molecule has 2 heterocycles. The van der Waals surface area contributed by atoms with Crippen LogP contribution in [0.15, 0.2) is 35.7 Å². The second-order valence-electron chi connectivity index (χ2n) is 14.7. The van der Waals surface area contributed by atoms with Crippen molar-refractivity contribution >= 4 is 46.9 Å². The molecule has 53 heavy (non-hydrogen) atoms. The Bertz CT molecular complexity index is 1600. The first-order chi connectivity index (χ1) is 24.9. The predicted molar refractivity (Wildman–Crippen MR) is 199 cm³/mol. The number of amides is 4. The number of hydrogen-bond donors (Lipinski definition) is 4. The van der Waals surface area contributed by atoms with Crippen LogP contribution in [0.3, 0.4) is 0 Å². The topological polar surface area (TPSA) is 197 Å². The quantitative estimate of drug-likeness (QED) is 0.114. The lowest BCUT2D eigenvalue weighted by molar-refractivity contribution is -0.149. The van der Waals surface area contributed by atoms with Crippen molar-refractivity contribution in [3.8, 4) is 0 Å². The molecule has 0 aliphatic carbocycles. The molecule has 1 aliphatic rings. The number of nitrogens with zero attached hydrogens (tertiary/aromatic N) is 2. The Labute approximate surface area is 315 Å². The Morgan fingerprint density at radius 2 is 1.72 bits per heavy atom. The molecule has 4 amide bonds. The Kier molecular flexibility index (Phi) is 15.5. The third kappa shape index (κ3) is 12.1. The number of thiazole rings is 1. The SMILES string of the molecule is CC[C@H](C)[C@@H](NC(=O)CC(C)C)C(=O)N(C)[C@H](C[C@@H](OC(C)=O)c1nc(C(=O)N[C@@H](Cc2ccccc2)C2OC2(C)C(=O)NCC(=O)O)cs1)C(C)C. The van der Waals surface area contributed by atoms with Gasteiger partial charge in [-0.05, 0) is 36.7 Å². The molecule has 1 aromatic heterocycles. The van der Waals surface area contributed by atoms with Crippen LogP contribution in [0.25, 0.3) is 0 Å². The van der Waals surface area contributed by atoms with Crippen molar-refractivity contribution < 1.29 is 43.3 Å². The number of esters is 1. The number of ether oxygens (including phenoxy) is 2. The molecule has 1 aromatic carbocycles. The molecular weight excluding hydrogens is 703 g/mol. The number of hydrogen-bond acceptors (Lipinski definition) is 10. The van der Waals surface area contributed by atoms with Gasteiger partial charge >= 0.3 is 11.9 Å². The van der Waals surface area contributed by atoms with Gasteiger partial charge in [0, 0.05) is 38.2 Å². The molecule has 4 N–H and O–H groups in total. The average Bonchev–Trinajstić information content (AvgIpc) is 3.54. The van der Waals surface area contributed by atoms with Crippen molar-refractivity contribution in [2.45, 2.75) is 117 Å². The summed E-state index contributed by atoms with van der Waals surface area (Å²) in [5, 5.41) is 19.2. The molecule has 15 heteroatoms. The lowest BCUT2D eigenvalue weighted by atomic mass is 9.93. The predicted octanol–water partition coefficient (Wildman–Crippen LogP) is 3.90. The first-order valence-electron chi connectivity index (χ1n) is 18.1. The maximum Gasteiger partial charge on any atom is 0.322 e. The summed E-state index contributed by atoms with van der Waals surface area (Å²) in [5.74, 6) is -3.40. The van der Waals surface area contributed by atoms with Crippen molar-refractivity contribution in [1.82, 2.24) is 25.8 Å². The normalized spacial score (nSPS) is 19.3. The first kappa shape index (κ1) is 43.0. The van der Waals surface area contributed by atoms with E-state index in [9.17, 15) is 28.8 Å². The van der Waals surface area contributed by atoms with E-state index in [1.807, 2.05) is 71.9 Å². The summed E-state index contributed by atoms with van der Waals surface area (Å²) in [6.45, 7) is 13.9. The van der Waals surface area contributed by atoms with Crippen LogP contribution < -0.4 is 16.0 Å². The Hall–Kier alpha value is -4.37. The molecule has 0 bridgehead atoms. The zero-order valence-electron chi connectivity index (χ0n) is 32.1. The number of rotatable bonds is 20. The Balaban J connectivity index is 1.83. The van der Waals surface area contributed by atoms with Crippen molar-refractivity contribution in [2.75, 3.05) is 13.6 Å². The van der Waals surface area contributed by atoms with Crippen LogP contribution in [0.4, 0.5) is 0 Å². The van der Waals surface area contributed by atoms with Gasteiger partial charge < -0.3 is 35.4 Å².